The maximum absolute atomic E-state index is 11.9. The molecule has 2 saturated heterocycles. The van der Waals surface area contributed by atoms with Gasteiger partial charge in [0.05, 0.1) is 9.85 Å². The number of nitrogens with two attached hydrogens (primary N) is 1. The zero-order valence-electron chi connectivity index (χ0n) is 30.2. The zero-order chi connectivity index (χ0) is 36.2. The quantitative estimate of drug-likeness (QED) is 0.197. The number of nitrogens with one attached hydrogen (secondary N) is 1. The van der Waals surface area contributed by atoms with Gasteiger partial charge in [-0.3, -0.25) is 35.3 Å². The van der Waals surface area contributed by atoms with E-state index in [0.29, 0.717) is 19.0 Å². The van der Waals surface area contributed by atoms with Crippen LogP contribution in [0.1, 0.15) is 63.7 Å². The van der Waals surface area contributed by atoms with Gasteiger partial charge in [0.1, 0.15) is 17.0 Å². The van der Waals surface area contributed by atoms with Crippen molar-refractivity contribution in [3.8, 4) is 0 Å². The monoisotopic (exact) mass is 659 g/mol. The van der Waals surface area contributed by atoms with Gasteiger partial charge in [0.25, 0.3) is 11.4 Å². The number of anilines is 4. The Hall–Kier alpha value is -4.17. The van der Waals surface area contributed by atoms with Crippen molar-refractivity contribution < 1.29 is 20.7 Å². The number of benzene rings is 2. The van der Waals surface area contributed by atoms with Crippen LogP contribution in [0.2, 0.25) is 0 Å². The van der Waals surface area contributed by atoms with Crippen molar-refractivity contribution >= 4 is 40.2 Å². The van der Waals surface area contributed by atoms with E-state index in [4.69, 9.17) is 11.8 Å². The first-order chi connectivity index (χ1) is 22.5. The van der Waals surface area contributed by atoms with Crippen LogP contribution >= 0.6 is 0 Å². The van der Waals surface area contributed by atoms with E-state index in [1.54, 1.807) is 52.0 Å². The number of nitro groups is 2. The van der Waals surface area contributed by atoms with E-state index < -0.39 is 21.5 Å². The first-order valence-corrected chi connectivity index (χ1v) is 16.1. The van der Waals surface area contributed by atoms with Gasteiger partial charge < -0.3 is 20.3 Å². The number of hydrogen-bond acceptors (Lipinski definition) is 11. The lowest BCUT2D eigenvalue weighted by Gasteiger charge is -2.38. The summed E-state index contributed by atoms with van der Waals surface area (Å²) in [6.45, 7) is 23.4. The zero-order valence-corrected chi connectivity index (χ0v) is 29.2. The highest BCUT2D eigenvalue weighted by atomic mass is 16.6. The van der Waals surface area contributed by atoms with Gasteiger partial charge in [0.15, 0.2) is 0 Å². The molecule has 2 fully saturated rings. The van der Waals surface area contributed by atoms with E-state index in [1.807, 2.05) is 6.07 Å². The minimum absolute atomic E-state index is 0.0104. The third-order valence-corrected chi connectivity index (χ3v) is 7.84. The number of nitro benzene ring substituents is 2. The number of carbonyl (C=O) groups is 1. The van der Waals surface area contributed by atoms with E-state index in [2.05, 4.69) is 52.6 Å². The Bertz CT molecular complexity index is 1350. The minimum atomic E-state index is -0.709. The standard InChI is InChI=1S/C18H28N4O4.C13H20N4O2.C2H6/c1-13(2)20-8-10-21(11-9-20)14-6-7-15(16(12-14)22(24)25)19-17(23)26-18(3,4)5;1-10(2)15-5-7-16(8-6-15)11-3-4-12(14)13(9-11)17(18)19;1-2/h6-7,12-13H,8-11H2,1-5H3,(H,19,23);3-4,9-10H,5-8,14H2,1-2H3;1-2H3/i;;1D. The van der Waals surface area contributed by atoms with Gasteiger partial charge in [-0.2, -0.15) is 0 Å². The van der Waals surface area contributed by atoms with Gasteiger partial charge in [-0.05, 0) is 72.7 Å². The Kier molecular flexibility index (Phi) is 14.0. The van der Waals surface area contributed by atoms with Crippen LogP contribution in [0.4, 0.5) is 38.9 Å². The molecule has 1 amide bonds. The highest BCUT2D eigenvalue weighted by Crippen LogP contribution is 2.31. The molecule has 2 aliphatic heterocycles. The van der Waals surface area contributed by atoms with E-state index in [0.717, 1.165) is 63.7 Å². The lowest BCUT2D eigenvalue weighted by molar-refractivity contribution is -0.384. The van der Waals surface area contributed by atoms with Crippen LogP contribution in [0, 0.1) is 20.2 Å². The molecule has 2 aromatic rings. The fourth-order valence-corrected chi connectivity index (χ4v) is 5.27. The summed E-state index contributed by atoms with van der Waals surface area (Å²) in [6.07, 6.45) is -0.709. The topological polar surface area (TPSA) is 164 Å². The number of rotatable bonds is 7. The summed E-state index contributed by atoms with van der Waals surface area (Å²) >= 11 is 0. The van der Waals surface area contributed by atoms with Crippen molar-refractivity contribution in [1.29, 1.82) is 0 Å². The second-order valence-electron chi connectivity index (χ2n) is 12.8. The molecular formula is C33H54N8O6. The molecule has 3 N–H and O–H groups in total. The number of nitrogens with zero attached hydrogens (tertiary/aromatic N) is 6. The molecule has 2 aromatic carbocycles. The van der Waals surface area contributed by atoms with Crippen LogP contribution in [0.15, 0.2) is 36.4 Å². The Morgan fingerprint density at radius 2 is 1.23 bits per heavy atom. The average molecular weight is 660 g/mol. The molecule has 0 aliphatic carbocycles. The molecular weight excluding hydrogens is 604 g/mol. The summed E-state index contributed by atoms with van der Waals surface area (Å²) in [4.78, 5) is 42.4. The first kappa shape index (κ1) is 37.3. The van der Waals surface area contributed by atoms with E-state index in [1.165, 1.54) is 6.07 Å². The Balaban J connectivity index is 0.000000320. The predicted molar refractivity (Wildman–Crippen MR) is 190 cm³/mol. The van der Waals surface area contributed by atoms with E-state index >= 15 is 0 Å². The van der Waals surface area contributed by atoms with Gasteiger partial charge in [0, 0.05) is 89.3 Å². The van der Waals surface area contributed by atoms with Gasteiger partial charge in [-0.25, -0.2) is 4.79 Å². The molecule has 0 aromatic heterocycles. The maximum atomic E-state index is 11.9. The molecule has 2 aliphatic rings. The molecule has 0 spiro atoms. The van der Waals surface area contributed by atoms with Crippen LogP contribution in [0.3, 0.4) is 0 Å². The fourth-order valence-electron chi connectivity index (χ4n) is 5.27. The molecule has 4 rings (SSSR count). The summed E-state index contributed by atoms with van der Waals surface area (Å²) in [5.41, 5.74) is 6.81. The van der Waals surface area contributed by atoms with E-state index in [9.17, 15) is 25.0 Å². The summed E-state index contributed by atoms with van der Waals surface area (Å²) < 4.78 is 11.4. The second kappa shape index (κ2) is 17.7. The molecule has 0 radical (unpaired) electrons. The summed E-state index contributed by atoms with van der Waals surface area (Å²) in [7, 11) is 0. The van der Waals surface area contributed by atoms with Gasteiger partial charge in [-0.1, -0.05) is 13.8 Å². The number of nitrogen functional groups attached to an aromatic ring is 1. The number of piperazine rings is 2. The van der Waals surface area contributed by atoms with Crippen molar-refractivity contribution in [1.82, 2.24) is 9.80 Å². The van der Waals surface area contributed by atoms with Crippen LogP contribution in [-0.2, 0) is 4.74 Å². The summed E-state index contributed by atoms with van der Waals surface area (Å²) in [5, 5.41) is 24.8. The van der Waals surface area contributed by atoms with Gasteiger partial charge in [-0.15, -0.1) is 0 Å². The number of hydrogen-bond donors (Lipinski definition) is 2. The third-order valence-electron chi connectivity index (χ3n) is 7.84. The summed E-state index contributed by atoms with van der Waals surface area (Å²) in [6, 6.07) is 10.9. The maximum Gasteiger partial charge on any atom is 0.412 e. The highest BCUT2D eigenvalue weighted by molar-refractivity contribution is 5.89. The van der Waals surface area contributed by atoms with Crippen LogP contribution in [0.5, 0.6) is 0 Å². The molecule has 14 nitrogen and oxygen atoms in total. The van der Waals surface area contributed by atoms with Gasteiger partial charge >= 0.3 is 6.09 Å². The Morgan fingerprint density at radius 3 is 1.62 bits per heavy atom. The number of amides is 1. The minimum Gasteiger partial charge on any atom is -0.444 e. The smallest absolute Gasteiger partial charge is 0.412 e. The number of ether oxygens (including phenoxy) is 1. The Morgan fingerprint density at radius 1 is 0.830 bits per heavy atom. The largest absolute Gasteiger partial charge is 0.444 e. The lowest BCUT2D eigenvalue weighted by Crippen LogP contribution is -2.48. The summed E-state index contributed by atoms with van der Waals surface area (Å²) in [5.74, 6) is 0. The van der Waals surface area contributed by atoms with Gasteiger partial charge in [0.2, 0.25) is 0 Å². The molecule has 0 atom stereocenters. The normalized spacial score (nSPS) is 16.0. The predicted octanol–water partition coefficient (Wildman–Crippen LogP) is 6.21. The van der Waals surface area contributed by atoms with Crippen LogP contribution < -0.4 is 20.9 Å². The molecule has 2 heterocycles. The van der Waals surface area contributed by atoms with Crippen molar-refractivity contribution in [3.63, 3.8) is 0 Å². The molecule has 47 heavy (non-hydrogen) atoms. The molecule has 14 heteroatoms. The highest BCUT2D eigenvalue weighted by Gasteiger charge is 2.25. The third kappa shape index (κ3) is 11.9. The molecule has 0 bridgehead atoms. The van der Waals surface area contributed by atoms with Crippen LogP contribution in [-0.4, -0.2) is 95.8 Å². The van der Waals surface area contributed by atoms with Crippen molar-refractivity contribution in [2.75, 3.05) is 73.2 Å². The molecule has 0 unspecified atom stereocenters. The van der Waals surface area contributed by atoms with E-state index in [-0.39, 0.29) is 22.7 Å². The average Bonchev–Trinajstić information content (AvgIpc) is 3.01. The second-order valence-corrected chi connectivity index (χ2v) is 12.8. The first-order valence-electron chi connectivity index (χ1n) is 16.8. The fraction of sp³-hybridized carbons (Fsp3) is 0.606. The Labute approximate surface area is 280 Å². The van der Waals surface area contributed by atoms with Crippen molar-refractivity contribution in [2.24, 2.45) is 0 Å². The van der Waals surface area contributed by atoms with Crippen molar-refractivity contribution in [3.05, 3.63) is 56.6 Å². The molecule has 0 saturated carbocycles. The van der Waals surface area contributed by atoms with Crippen molar-refractivity contribution in [2.45, 2.75) is 80.0 Å². The number of carbonyl (C=O) groups excluding carboxylic acids is 1. The molecule has 262 valence electrons. The van der Waals surface area contributed by atoms with Crippen LogP contribution in [0.25, 0.3) is 0 Å². The lowest BCUT2D eigenvalue weighted by atomic mass is 10.2. The SMILES string of the molecule is CC(C)N1CCN(c2ccc(N)c([N+](=O)[O-])c2)CC1.CC(C)N1CCN(c2ccc(NC(=O)OC(C)(C)C)c([N+](=O)[O-])c2)CC1.[2H]CC.